The van der Waals surface area contributed by atoms with Crippen molar-refractivity contribution in [3.05, 3.63) is 77.4 Å². The first-order valence-electron chi connectivity index (χ1n) is 9.86. The van der Waals surface area contributed by atoms with Crippen LogP contribution in [0.2, 0.25) is 0 Å². The van der Waals surface area contributed by atoms with Gasteiger partial charge < -0.3 is 10.6 Å². The Morgan fingerprint density at radius 1 is 1.10 bits per heavy atom. The van der Waals surface area contributed by atoms with Gasteiger partial charge >= 0.3 is 0 Å². The van der Waals surface area contributed by atoms with Gasteiger partial charge in [-0.05, 0) is 36.1 Å². The first-order valence-corrected chi connectivity index (χ1v) is 9.86. The molecule has 150 valence electrons. The van der Waals surface area contributed by atoms with E-state index in [2.05, 4.69) is 15.2 Å². The zero-order chi connectivity index (χ0) is 20.2. The first kappa shape index (κ1) is 19.1. The number of aromatic amines is 1. The average Bonchev–Trinajstić information content (AvgIpc) is 3.20. The number of H-pyrrole nitrogens is 1. The third kappa shape index (κ3) is 4.45. The molecule has 1 aliphatic heterocycles. The molecular formula is C22H24FN5O. The van der Waals surface area contributed by atoms with Crippen molar-refractivity contribution in [1.82, 2.24) is 20.1 Å². The number of nitrogens with two attached hydrogens (primary N) is 1. The van der Waals surface area contributed by atoms with Crippen LogP contribution in [0.1, 0.15) is 48.0 Å². The number of halogens is 1. The number of hydrogen-bond donors (Lipinski definition) is 2. The standard InChI is InChI=1S/C22H24FN5O/c23-18-8-6-16(7-9-18)19(15-4-2-1-3-5-15)14-20(29)28-12-10-17(11-13-28)21-25-22(24)27-26-21/h1-9,17,19H,10-14H2,(H3,24,25,26,27)/t19-/m0/s1. The normalized spacial score (nSPS) is 16.0. The second-order valence-corrected chi connectivity index (χ2v) is 7.45. The Kier molecular flexibility index (Phi) is 5.55. The molecule has 1 amide bonds. The van der Waals surface area contributed by atoms with E-state index in [1.54, 1.807) is 12.1 Å². The summed E-state index contributed by atoms with van der Waals surface area (Å²) in [7, 11) is 0. The summed E-state index contributed by atoms with van der Waals surface area (Å²) in [6.45, 7) is 1.35. The highest BCUT2D eigenvalue weighted by molar-refractivity contribution is 5.78. The van der Waals surface area contributed by atoms with Crippen molar-refractivity contribution in [2.45, 2.75) is 31.1 Å². The summed E-state index contributed by atoms with van der Waals surface area (Å²) >= 11 is 0. The molecule has 0 aliphatic carbocycles. The number of nitrogens with zero attached hydrogens (tertiary/aromatic N) is 3. The number of benzene rings is 2. The maximum absolute atomic E-state index is 13.4. The Hall–Kier alpha value is -3.22. The fourth-order valence-corrected chi connectivity index (χ4v) is 3.99. The number of nitrogens with one attached hydrogen (secondary N) is 1. The largest absolute Gasteiger partial charge is 0.367 e. The van der Waals surface area contributed by atoms with Gasteiger partial charge in [0.2, 0.25) is 11.9 Å². The number of aromatic nitrogens is 3. The smallest absolute Gasteiger partial charge is 0.239 e. The number of nitrogen functional groups attached to an aromatic ring is 1. The quantitative estimate of drug-likeness (QED) is 0.695. The monoisotopic (exact) mass is 393 g/mol. The van der Waals surface area contributed by atoms with Gasteiger partial charge in [-0.3, -0.25) is 9.89 Å². The lowest BCUT2D eigenvalue weighted by Gasteiger charge is -2.32. The number of amides is 1. The molecule has 0 saturated carbocycles. The molecule has 0 bridgehead atoms. The Balaban J connectivity index is 1.45. The van der Waals surface area contributed by atoms with E-state index in [0.717, 1.165) is 29.8 Å². The number of piperidine rings is 1. The summed E-state index contributed by atoms with van der Waals surface area (Å²) in [5.41, 5.74) is 7.59. The minimum Gasteiger partial charge on any atom is -0.367 e. The van der Waals surface area contributed by atoms with E-state index in [4.69, 9.17) is 5.73 Å². The average molecular weight is 393 g/mol. The third-order valence-corrected chi connectivity index (χ3v) is 5.61. The van der Waals surface area contributed by atoms with Crippen LogP contribution in [0.15, 0.2) is 54.6 Å². The summed E-state index contributed by atoms with van der Waals surface area (Å²) in [5.74, 6) is 1.02. The molecule has 3 N–H and O–H groups in total. The van der Waals surface area contributed by atoms with Gasteiger partial charge in [0, 0.05) is 31.3 Å². The van der Waals surface area contributed by atoms with Crippen molar-refractivity contribution in [3.8, 4) is 0 Å². The molecule has 29 heavy (non-hydrogen) atoms. The molecule has 4 rings (SSSR count). The highest BCUT2D eigenvalue weighted by Crippen LogP contribution is 2.31. The molecule has 3 aromatic rings. The molecule has 1 fully saturated rings. The lowest BCUT2D eigenvalue weighted by Crippen LogP contribution is -2.38. The second kappa shape index (κ2) is 8.43. The number of hydrogen-bond acceptors (Lipinski definition) is 4. The number of rotatable bonds is 5. The van der Waals surface area contributed by atoms with Crippen LogP contribution in [0.4, 0.5) is 10.3 Å². The highest BCUT2D eigenvalue weighted by atomic mass is 19.1. The van der Waals surface area contributed by atoms with Crippen molar-refractivity contribution < 1.29 is 9.18 Å². The molecule has 1 atom stereocenters. The maximum Gasteiger partial charge on any atom is 0.239 e. The third-order valence-electron chi connectivity index (χ3n) is 5.61. The molecular weight excluding hydrogens is 369 g/mol. The van der Waals surface area contributed by atoms with Gasteiger partial charge in [-0.2, -0.15) is 4.98 Å². The molecule has 1 aromatic heterocycles. The Morgan fingerprint density at radius 3 is 2.38 bits per heavy atom. The number of carbonyl (C=O) groups is 1. The van der Waals surface area contributed by atoms with Crippen LogP contribution in [0.25, 0.3) is 0 Å². The molecule has 6 nitrogen and oxygen atoms in total. The number of carbonyl (C=O) groups excluding carboxylic acids is 1. The van der Waals surface area contributed by atoms with Crippen LogP contribution in [-0.4, -0.2) is 39.1 Å². The van der Waals surface area contributed by atoms with E-state index >= 15 is 0 Å². The van der Waals surface area contributed by atoms with E-state index in [1.807, 2.05) is 35.2 Å². The van der Waals surface area contributed by atoms with Gasteiger partial charge in [0.05, 0.1) is 0 Å². The van der Waals surface area contributed by atoms with Gasteiger partial charge in [0.1, 0.15) is 11.6 Å². The summed E-state index contributed by atoms with van der Waals surface area (Å²) in [6, 6.07) is 16.3. The molecule has 2 heterocycles. The minimum absolute atomic E-state index is 0.101. The van der Waals surface area contributed by atoms with Crippen LogP contribution >= 0.6 is 0 Å². The molecule has 1 saturated heterocycles. The van der Waals surface area contributed by atoms with Gasteiger partial charge in [0.15, 0.2) is 0 Å². The zero-order valence-corrected chi connectivity index (χ0v) is 16.1. The lowest BCUT2D eigenvalue weighted by atomic mass is 9.87. The molecule has 7 heteroatoms. The SMILES string of the molecule is Nc1n[nH]c(C2CCN(C(=O)C[C@@H](c3ccccc3)c3ccc(F)cc3)CC2)n1. The second-order valence-electron chi connectivity index (χ2n) is 7.45. The fourth-order valence-electron chi connectivity index (χ4n) is 3.99. The fraction of sp³-hybridized carbons (Fsp3) is 0.318. The van der Waals surface area contributed by atoms with E-state index < -0.39 is 0 Å². The maximum atomic E-state index is 13.4. The van der Waals surface area contributed by atoms with E-state index in [9.17, 15) is 9.18 Å². The summed E-state index contributed by atoms with van der Waals surface area (Å²) < 4.78 is 13.4. The van der Waals surface area contributed by atoms with Crippen molar-refractivity contribution in [1.29, 1.82) is 0 Å². The van der Waals surface area contributed by atoms with Crippen molar-refractivity contribution >= 4 is 11.9 Å². The topological polar surface area (TPSA) is 87.9 Å². The first-order chi connectivity index (χ1) is 14.1. The van der Waals surface area contributed by atoms with Gasteiger partial charge in [-0.25, -0.2) is 4.39 Å². The predicted molar refractivity (Wildman–Crippen MR) is 109 cm³/mol. The summed E-state index contributed by atoms with van der Waals surface area (Å²) in [4.78, 5) is 19.2. The van der Waals surface area contributed by atoms with Crippen molar-refractivity contribution in [3.63, 3.8) is 0 Å². The van der Waals surface area contributed by atoms with Crippen molar-refractivity contribution in [2.24, 2.45) is 0 Å². The van der Waals surface area contributed by atoms with Crippen LogP contribution < -0.4 is 5.73 Å². The van der Waals surface area contributed by atoms with E-state index in [0.29, 0.717) is 19.5 Å². The van der Waals surface area contributed by atoms with Gasteiger partial charge in [-0.1, -0.05) is 42.5 Å². The van der Waals surface area contributed by atoms with Gasteiger partial charge in [0.25, 0.3) is 0 Å². The minimum atomic E-state index is -0.276. The molecule has 2 aromatic carbocycles. The molecule has 0 radical (unpaired) electrons. The van der Waals surface area contributed by atoms with Gasteiger partial charge in [-0.15, -0.1) is 5.10 Å². The van der Waals surface area contributed by atoms with E-state index in [1.165, 1.54) is 12.1 Å². The molecule has 0 unspecified atom stereocenters. The number of likely N-dealkylation sites (tertiary alicyclic amines) is 1. The lowest BCUT2D eigenvalue weighted by molar-refractivity contribution is -0.132. The molecule has 0 spiro atoms. The van der Waals surface area contributed by atoms with Crippen LogP contribution in [-0.2, 0) is 4.79 Å². The van der Waals surface area contributed by atoms with Crippen LogP contribution in [0.3, 0.4) is 0 Å². The highest BCUT2D eigenvalue weighted by Gasteiger charge is 2.28. The Labute approximate surface area is 169 Å². The Morgan fingerprint density at radius 2 is 1.76 bits per heavy atom. The predicted octanol–water partition coefficient (Wildman–Crippen LogP) is 3.45. The van der Waals surface area contributed by atoms with Crippen molar-refractivity contribution in [2.75, 3.05) is 18.8 Å². The number of anilines is 1. The zero-order valence-electron chi connectivity index (χ0n) is 16.1. The van der Waals surface area contributed by atoms with E-state index in [-0.39, 0.29) is 29.5 Å². The Bertz CT molecular complexity index is 949. The summed E-state index contributed by atoms with van der Waals surface area (Å²) in [5, 5.41) is 6.77. The molecule has 1 aliphatic rings. The van der Waals surface area contributed by atoms with Crippen LogP contribution in [0, 0.1) is 5.82 Å². The summed E-state index contributed by atoms with van der Waals surface area (Å²) in [6.07, 6.45) is 2.01. The van der Waals surface area contributed by atoms with Crippen LogP contribution in [0.5, 0.6) is 0 Å².